The van der Waals surface area contributed by atoms with Crippen molar-refractivity contribution in [3.05, 3.63) is 46.6 Å². The van der Waals surface area contributed by atoms with E-state index >= 15 is 0 Å². The number of hydrogen-bond donors (Lipinski definition) is 1. The molecule has 0 spiro atoms. The van der Waals surface area contributed by atoms with Crippen molar-refractivity contribution in [2.45, 2.75) is 40.7 Å². The fraction of sp³-hybridized carbons (Fsp3) is 0.368. The molecule has 0 aliphatic heterocycles. The van der Waals surface area contributed by atoms with E-state index in [-0.39, 0.29) is 23.5 Å². The van der Waals surface area contributed by atoms with Crippen LogP contribution in [0.25, 0.3) is 9.69 Å². The molecule has 0 saturated heterocycles. The molecule has 1 N–H and O–H groups in total. The molecule has 138 valence electrons. The minimum Gasteiger partial charge on any atom is -0.373 e. The molecule has 0 saturated carbocycles. The van der Waals surface area contributed by atoms with Crippen LogP contribution < -0.4 is 5.32 Å². The SMILES string of the molecule is [C-]#[N+]c1nc(N=Nc2ccc(C)cc2NC(C)=O)n(CC(C)CC)c1[N+]#[C-]. The van der Waals surface area contributed by atoms with Gasteiger partial charge in [-0.1, -0.05) is 43.2 Å². The molecule has 8 nitrogen and oxygen atoms in total. The van der Waals surface area contributed by atoms with E-state index in [1.54, 1.807) is 16.7 Å². The fourth-order valence-electron chi connectivity index (χ4n) is 2.42. The van der Waals surface area contributed by atoms with Gasteiger partial charge in [-0.25, -0.2) is 4.57 Å². The first kappa shape index (κ1) is 19.8. The van der Waals surface area contributed by atoms with Crippen LogP contribution in [0.3, 0.4) is 0 Å². The van der Waals surface area contributed by atoms with Gasteiger partial charge in [-0.15, -0.1) is 5.11 Å². The highest BCUT2D eigenvalue weighted by Gasteiger charge is 2.23. The van der Waals surface area contributed by atoms with Gasteiger partial charge in [0.25, 0.3) is 11.6 Å². The van der Waals surface area contributed by atoms with Gasteiger partial charge in [-0.2, -0.15) is 0 Å². The average molecular weight is 363 g/mol. The number of carbonyl (C=O) groups excluding carboxylic acids is 1. The summed E-state index contributed by atoms with van der Waals surface area (Å²) in [7, 11) is 0. The second-order valence-electron chi connectivity index (χ2n) is 6.31. The Morgan fingerprint density at radius 3 is 2.67 bits per heavy atom. The predicted molar refractivity (Wildman–Crippen MR) is 104 cm³/mol. The Balaban J connectivity index is 2.48. The Bertz CT molecular complexity index is 960. The zero-order valence-corrected chi connectivity index (χ0v) is 15.8. The first-order valence-corrected chi connectivity index (χ1v) is 8.55. The lowest BCUT2D eigenvalue weighted by molar-refractivity contribution is -0.114. The first-order valence-electron chi connectivity index (χ1n) is 8.55. The lowest BCUT2D eigenvalue weighted by Gasteiger charge is -2.08. The first-order chi connectivity index (χ1) is 12.9. The largest absolute Gasteiger partial charge is 0.416 e. The van der Waals surface area contributed by atoms with E-state index in [0.29, 0.717) is 23.8 Å². The molecule has 1 unspecified atom stereocenters. The van der Waals surface area contributed by atoms with E-state index in [0.717, 1.165) is 12.0 Å². The molecule has 2 rings (SSSR count). The molecule has 0 aliphatic rings. The molecule has 2 aromatic rings. The number of nitrogens with zero attached hydrogens (tertiary/aromatic N) is 6. The van der Waals surface area contributed by atoms with Gasteiger partial charge >= 0.3 is 5.95 Å². The fourth-order valence-corrected chi connectivity index (χ4v) is 2.42. The van der Waals surface area contributed by atoms with Gasteiger partial charge in [0.2, 0.25) is 5.91 Å². The number of rotatable bonds is 6. The van der Waals surface area contributed by atoms with Gasteiger partial charge in [0.05, 0.1) is 12.2 Å². The maximum atomic E-state index is 11.4. The van der Waals surface area contributed by atoms with Gasteiger partial charge < -0.3 is 15.0 Å². The topological polar surface area (TPSA) is 80.4 Å². The molecular formula is C19H21N7O. The van der Waals surface area contributed by atoms with Crippen molar-refractivity contribution in [2.24, 2.45) is 16.1 Å². The monoisotopic (exact) mass is 363 g/mol. The van der Waals surface area contributed by atoms with Crippen LogP contribution in [-0.2, 0) is 11.3 Å². The predicted octanol–water partition coefficient (Wildman–Crippen LogP) is 5.71. The number of azo groups is 1. The van der Waals surface area contributed by atoms with Crippen molar-refractivity contribution in [3.63, 3.8) is 0 Å². The number of amides is 1. The highest BCUT2D eigenvalue weighted by Crippen LogP contribution is 2.35. The Morgan fingerprint density at radius 1 is 1.33 bits per heavy atom. The summed E-state index contributed by atoms with van der Waals surface area (Å²) in [5.41, 5.74) is 1.99. The number of carbonyl (C=O) groups is 1. The summed E-state index contributed by atoms with van der Waals surface area (Å²) in [6.07, 6.45) is 0.921. The van der Waals surface area contributed by atoms with E-state index in [1.807, 2.05) is 13.0 Å². The minimum absolute atomic E-state index is 0.0215. The van der Waals surface area contributed by atoms with E-state index in [9.17, 15) is 4.79 Å². The van der Waals surface area contributed by atoms with Crippen LogP contribution >= 0.6 is 0 Å². The van der Waals surface area contributed by atoms with Crippen molar-refractivity contribution in [2.75, 3.05) is 5.32 Å². The van der Waals surface area contributed by atoms with Gasteiger partial charge in [-0.05, 0) is 37.0 Å². The van der Waals surface area contributed by atoms with E-state index in [2.05, 4.69) is 44.1 Å². The zero-order valence-electron chi connectivity index (χ0n) is 15.8. The molecule has 8 heteroatoms. The summed E-state index contributed by atoms with van der Waals surface area (Å²) in [6, 6.07) is 5.41. The standard InChI is InChI=1S/C19H21N7O/c1-7-12(2)11-26-18(21-6)17(20-5)23-19(26)25-24-15-9-8-13(3)10-16(15)22-14(4)27/h8-10,12H,7,11H2,1-4H3,(H,22,27). The number of benzene rings is 1. The van der Waals surface area contributed by atoms with Crippen LogP contribution in [0.2, 0.25) is 0 Å². The maximum absolute atomic E-state index is 11.4. The van der Waals surface area contributed by atoms with Crippen LogP contribution in [0.15, 0.2) is 28.4 Å². The highest BCUT2D eigenvalue weighted by molar-refractivity contribution is 5.92. The Labute approximate surface area is 158 Å². The third-order valence-electron chi connectivity index (χ3n) is 4.02. The van der Waals surface area contributed by atoms with Crippen LogP contribution in [0.1, 0.15) is 32.8 Å². The van der Waals surface area contributed by atoms with E-state index in [4.69, 9.17) is 13.1 Å². The second kappa shape index (κ2) is 8.72. The Morgan fingerprint density at radius 2 is 2.07 bits per heavy atom. The summed E-state index contributed by atoms with van der Waals surface area (Å²) in [5.74, 6) is 0.489. The summed E-state index contributed by atoms with van der Waals surface area (Å²) in [6.45, 7) is 22.6. The van der Waals surface area contributed by atoms with Crippen molar-refractivity contribution >= 4 is 34.9 Å². The molecule has 0 fully saturated rings. The van der Waals surface area contributed by atoms with Crippen molar-refractivity contribution < 1.29 is 4.79 Å². The van der Waals surface area contributed by atoms with Crippen molar-refractivity contribution in [3.8, 4) is 0 Å². The third kappa shape index (κ3) is 4.77. The Hall–Kier alpha value is -3.52. The zero-order chi connectivity index (χ0) is 20.0. The molecule has 1 aromatic carbocycles. The van der Waals surface area contributed by atoms with Gasteiger partial charge in [0.15, 0.2) is 0 Å². The number of anilines is 1. The van der Waals surface area contributed by atoms with Crippen LogP contribution in [-0.4, -0.2) is 15.5 Å². The number of nitrogens with one attached hydrogen (secondary N) is 1. The molecular weight excluding hydrogens is 342 g/mol. The molecule has 27 heavy (non-hydrogen) atoms. The van der Waals surface area contributed by atoms with Gasteiger partial charge in [0, 0.05) is 6.92 Å². The number of aromatic nitrogens is 2. The minimum atomic E-state index is -0.207. The molecule has 0 bridgehead atoms. The molecule has 1 atom stereocenters. The lowest BCUT2D eigenvalue weighted by atomic mass is 10.1. The summed E-state index contributed by atoms with van der Waals surface area (Å²) in [5, 5.41) is 11.1. The smallest absolute Gasteiger partial charge is 0.373 e. The maximum Gasteiger partial charge on any atom is 0.416 e. The van der Waals surface area contributed by atoms with Gasteiger partial charge in [0.1, 0.15) is 5.69 Å². The van der Waals surface area contributed by atoms with Crippen LogP contribution in [0.5, 0.6) is 0 Å². The second-order valence-corrected chi connectivity index (χ2v) is 6.31. The highest BCUT2D eigenvalue weighted by atomic mass is 16.1. The number of hydrogen-bond acceptors (Lipinski definition) is 4. The van der Waals surface area contributed by atoms with Crippen LogP contribution in [0, 0.1) is 26.0 Å². The molecule has 0 aliphatic carbocycles. The quantitative estimate of drug-likeness (QED) is 0.526. The average Bonchev–Trinajstić information content (AvgIpc) is 2.96. The normalized spacial score (nSPS) is 11.8. The summed E-state index contributed by atoms with van der Waals surface area (Å²) in [4.78, 5) is 22.4. The molecule has 0 radical (unpaired) electrons. The summed E-state index contributed by atoms with van der Waals surface area (Å²) >= 11 is 0. The van der Waals surface area contributed by atoms with E-state index < -0.39 is 0 Å². The molecule has 1 heterocycles. The third-order valence-corrected chi connectivity index (χ3v) is 4.02. The Kier molecular flexibility index (Phi) is 6.40. The number of imidazole rings is 1. The lowest BCUT2D eigenvalue weighted by Crippen LogP contribution is -2.06. The summed E-state index contributed by atoms with van der Waals surface area (Å²) < 4.78 is 1.63. The van der Waals surface area contributed by atoms with E-state index in [1.165, 1.54) is 6.92 Å². The van der Waals surface area contributed by atoms with Crippen LogP contribution in [0.4, 0.5) is 29.0 Å². The number of aryl methyl sites for hydroxylation is 1. The van der Waals surface area contributed by atoms with Crippen molar-refractivity contribution in [1.29, 1.82) is 0 Å². The van der Waals surface area contributed by atoms with Gasteiger partial charge in [-0.3, -0.25) is 4.79 Å². The molecule has 1 amide bonds. The molecule has 1 aromatic heterocycles. The van der Waals surface area contributed by atoms with Crippen molar-refractivity contribution in [1.82, 2.24) is 9.55 Å².